The molecule has 0 unspecified atom stereocenters. The maximum atomic E-state index is 13.0. The predicted molar refractivity (Wildman–Crippen MR) is 129 cm³/mol. The maximum absolute atomic E-state index is 13.0. The molecule has 4 rings (SSSR count). The molecule has 1 N–H and O–H groups in total. The molecule has 0 aliphatic carbocycles. The molecule has 0 radical (unpaired) electrons. The molecule has 4 aromatic rings. The van der Waals surface area contributed by atoms with Crippen LogP contribution in [0.25, 0.3) is 10.8 Å². The zero-order valence-electron chi connectivity index (χ0n) is 18.0. The molecule has 33 heavy (non-hydrogen) atoms. The predicted octanol–water partition coefficient (Wildman–Crippen LogP) is 5.77. The van der Waals surface area contributed by atoms with Crippen molar-refractivity contribution in [1.29, 1.82) is 0 Å². The fraction of sp³-hybridized carbons (Fsp3) is 0.0690. The lowest BCUT2D eigenvalue weighted by Gasteiger charge is -2.21. The van der Waals surface area contributed by atoms with E-state index in [1.165, 1.54) is 0 Å². The summed E-state index contributed by atoms with van der Waals surface area (Å²) in [7, 11) is 0. The summed E-state index contributed by atoms with van der Waals surface area (Å²) < 4.78 is 5.53. The first-order valence-electron chi connectivity index (χ1n) is 10.6. The van der Waals surface area contributed by atoms with Gasteiger partial charge in [0.15, 0.2) is 0 Å². The van der Waals surface area contributed by atoms with E-state index in [4.69, 9.17) is 4.74 Å². The lowest BCUT2D eigenvalue weighted by Crippen LogP contribution is -2.32. The van der Waals surface area contributed by atoms with Crippen LogP contribution in [0.5, 0.6) is 0 Å². The molecule has 4 aromatic carbocycles. The Morgan fingerprint density at radius 1 is 0.818 bits per heavy atom. The standard InChI is InChI=1S/C29H23NO3/c1-2-26(29(32)33-20-21-11-5-3-6-12-21)27(30-28(31)23-14-7-4-8-15-23)25-18-17-22-13-9-10-16-24(22)19-25/h3-19,27H,1,20H2,(H,30,31)/t27-/m1/s1. The van der Waals surface area contributed by atoms with E-state index < -0.39 is 12.0 Å². The number of esters is 1. The highest BCUT2D eigenvalue weighted by molar-refractivity contribution is 5.97. The van der Waals surface area contributed by atoms with Gasteiger partial charge in [-0.2, -0.15) is 0 Å². The molecule has 1 atom stereocenters. The third-order valence-electron chi connectivity index (χ3n) is 5.33. The zero-order chi connectivity index (χ0) is 23.0. The van der Waals surface area contributed by atoms with E-state index in [2.05, 4.69) is 17.6 Å². The topological polar surface area (TPSA) is 55.4 Å². The van der Waals surface area contributed by atoms with Gasteiger partial charge in [0.25, 0.3) is 5.91 Å². The first-order chi connectivity index (χ1) is 16.2. The second-order valence-corrected chi connectivity index (χ2v) is 7.53. The molecule has 0 saturated carbocycles. The van der Waals surface area contributed by atoms with Gasteiger partial charge in [0.1, 0.15) is 12.2 Å². The second-order valence-electron chi connectivity index (χ2n) is 7.53. The van der Waals surface area contributed by atoms with Gasteiger partial charge in [-0.25, -0.2) is 4.79 Å². The number of carbonyl (C=O) groups is 2. The van der Waals surface area contributed by atoms with Gasteiger partial charge in [-0.1, -0.05) is 91.5 Å². The Morgan fingerprint density at radius 2 is 1.45 bits per heavy atom. The number of ether oxygens (including phenoxy) is 1. The first-order valence-corrected chi connectivity index (χ1v) is 10.6. The van der Waals surface area contributed by atoms with Gasteiger partial charge in [-0.3, -0.25) is 4.79 Å². The Balaban J connectivity index is 1.66. The van der Waals surface area contributed by atoms with Crippen LogP contribution < -0.4 is 5.32 Å². The van der Waals surface area contributed by atoms with Crippen LogP contribution in [-0.4, -0.2) is 11.9 Å². The van der Waals surface area contributed by atoms with Crippen molar-refractivity contribution in [2.24, 2.45) is 0 Å². The van der Waals surface area contributed by atoms with Gasteiger partial charge >= 0.3 is 5.97 Å². The Labute approximate surface area is 192 Å². The fourth-order valence-electron chi connectivity index (χ4n) is 3.61. The van der Waals surface area contributed by atoms with Crippen LogP contribution in [0, 0.1) is 0 Å². The molecule has 162 valence electrons. The molecule has 0 aliphatic heterocycles. The lowest BCUT2D eigenvalue weighted by atomic mass is 9.96. The monoisotopic (exact) mass is 433 g/mol. The van der Waals surface area contributed by atoms with Gasteiger partial charge in [-0.15, -0.1) is 5.73 Å². The summed E-state index contributed by atoms with van der Waals surface area (Å²) in [6, 6.07) is 31.2. The summed E-state index contributed by atoms with van der Waals surface area (Å²) in [6.45, 7) is 3.82. The molecule has 0 spiro atoms. The summed E-state index contributed by atoms with van der Waals surface area (Å²) in [4.78, 5) is 26.0. The largest absolute Gasteiger partial charge is 0.457 e. The molecule has 4 nitrogen and oxygen atoms in total. The molecule has 0 saturated heterocycles. The second kappa shape index (κ2) is 10.3. The number of hydrogen-bond acceptors (Lipinski definition) is 3. The van der Waals surface area contributed by atoms with Gasteiger partial charge in [0, 0.05) is 5.56 Å². The van der Waals surface area contributed by atoms with E-state index >= 15 is 0 Å². The maximum Gasteiger partial charge on any atom is 0.344 e. The number of fused-ring (bicyclic) bond motifs is 1. The van der Waals surface area contributed by atoms with Gasteiger partial charge < -0.3 is 10.1 Å². The van der Waals surface area contributed by atoms with Crippen LogP contribution in [0.1, 0.15) is 27.5 Å². The fourth-order valence-corrected chi connectivity index (χ4v) is 3.61. The van der Waals surface area contributed by atoms with E-state index in [1.807, 2.05) is 78.9 Å². The van der Waals surface area contributed by atoms with Crippen molar-refractivity contribution in [1.82, 2.24) is 5.32 Å². The number of carbonyl (C=O) groups excluding carboxylic acids is 2. The van der Waals surface area contributed by atoms with Crippen molar-refractivity contribution in [2.45, 2.75) is 12.6 Å². The molecule has 0 heterocycles. The number of rotatable bonds is 7. The smallest absolute Gasteiger partial charge is 0.344 e. The minimum atomic E-state index is -0.775. The van der Waals surface area contributed by atoms with Gasteiger partial charge in [0.05, 0.1) is 6.04 Å². The number of amides is 1. The highest BCUT2D eigenvalue weighted by Gasteiger charge is 2.26. The van der Waals surface area contributed by atoms with Crippen LogP contribution in [0.15, 0.2) is 121 Å². The van der Waals surface area contributed by atoms with Crippen molar-refractivity contribution >= 4 is 22.6 Å². The minimum Gasteiger partial charge on any atom is -0.457 e. The number of nitrogens with one attached hydrogen (secondary N) is 1. The van der Waals surface area contributed by atoms with E-state index in [-0.39, 0.29) is 18.1 Å². The molecule has 4 heteroatoms. The molecular formula is C29H23NO3. The van der Waals surface area contributed by atoms with Crippen LogP contribution >= 0.6 is 0 Å². The Bertz CT molecular complexity index is 1320. The molecule has 0 aliphatic rings. The van der Waals surface area contributed by atoms with Crippen molar-refractivity contribution in [3.05, 3.63) is 138 Å². The third-order valence-corrected chi connectivity index (χ3v) is 5.33. The van der Waals surface area contributed by atoms with Crippen LogP contribution in [0.2, 0.25) is 0 Å². The summed E-state index contributed by atoms with van der Waals surface area (Å²) in [5, 5.41) is 5.02. The van der Waals surface area contributed by atoms with E-state index in [0.29, 0.717) is 5.56 Å². The van der Waals surface area contributed by atoms with Crippen molar-refractivity contribution < 1.29 is 14.3 Å². The summed E-state index contributed by atoms with van der Waals surface area (Å²) in [5.74, 6) is -0.891. The van der Waals surface area contributed by atoms with Crippen molar-refractivity contribution in [2.75, 3.05) is 0 Å². The van der Waals surface area contributed by atoms with Crippen LogP contribution in [0.4, 0.5) is 0 Å². The zero-order valence-corrected chi connectivity index (χ0v) is 18.0. The highest BCUT2D eigenvalue weighted by Crippen LogP contribution is 2.27. The number of hydrogen-bond donors (Lipinski definition) is 1. The minimum absolute atomic E-state index is 0.113. The van der Waals surface area contributed by atoms with Crippen molar-refractivity contribution in [3.63, 3.8) is 0 Å². The Hall–Kier alpha value is -4.40. The Kier molecular flexibility index (Phi) is 6.79. The van der Waals surface area contributed by atoms with Gasteiger partial charge in [0.2, 0.25) is 0 Å². The quantitative estimate of drug-likeness (QED) is 0.229. The van der Waals surface area contributed by atoms with Crippen molar-refractivity contribution in [3.8, 4) is 0 Å². The highest BCUT2D eigenvalue weighted by atomic mass is 16.5. The summed E-state index contributed by atoms with van der Waals surface area (Å²) in [6.07, 6.45) is 0. The van der Waals surface area contributed by atoms with E-state index in [1.54, 1.807) is 24.3 Å². The average Bonchev–Trinajstić information content (AvgIpc) is 2.88. The molecule has 1 amide bonds. The average molecular weight is 434 g/mol. The number of benzene rings is 4. The SMILES string of the molecule is C=C=C(C(=O)OCc1ccccc1)[C@H](NC(=O)c1ccccc1)c1ccc2ccccc2c1. The third kappa shape index (κ3) is 5.27. The normalized spacial score (nSPS) is 11.3. The summed E-state index contributed by atoms with van der Waals surface area (Å²) >= 11 is 0. The van der Waals surface area contributed by atoms with Gasteiger partial charge in [-0.05, 0) is 40.1 Å². The molecular weight excluding hydrogens is 410 g/mol. The lowest BCUT2D eigenvalue weighted by molar-refractivity contribution is -0.140. The molecule has 0 aromatic heterocycles. The first kappa shape index (κ1) is 21.8. The van der Waals surface area contributed by atoms with Crippen LogP contribution in [-0.2, 0) is 16.1 Å². The Morgan fingerprint density at radius 3 is 2.15 bits per heavy atom. The van der Waals surface area contributed by atoms with Crippen LogP contribution in [0.3, 0.4) is 0 Å². The summed E-state index contributed by atoms with van der Waals surface area (Å²) in [5.41, 5.74) is 4.96. The molecule has 0 bridgehead atoms. The van der Waals surface area contributed by atoms with E-state index in [0.717, 1.165) is 21.9 Å². The van der Waals surface area contributed by atoms with E-state index in [9.17, 15) is 9.59 Å². The molecule has 0 fully saturated rings.